The Morgan fingerprint density at radius 1 is 1.28 bits per heavy atom. The lowest BCUT2D eigenvalue weighted by molar-refractivity contribution is -0.137. The summed E-state index contributed by atoms with van der Waals surface area (Å²) in [5, 5.41) is 5.27. The van der Waals surface area contributed by atoms with E-state index in [2.05, 4.69) is 10.6 Å². The smallest absolute Gasteiger partial charge is 0.251 e. The second-order valence-electron chi connectivity index (χ2n) is 5.92. The highest BCUT2D eigenvalue weighted by Crippen LogP contribution is 2.17. The highest BCUT2D eigenvalue weighted by Gasteiger charge is 2.32. The molecule has 0 radical (unpaired) electrons. The summed E-state index contributed by atoms with van der Waals surface area (Å²) >= 11 is 0. The minimum atomic E-state index is -0.544. The lowest BCUT2D eigenvalue weighted by Crippen LogP contribution is -2.44. The van der Waals surface area contributed by atoms with Crippen molar-refractivity contribution in [3.8, 4) is 0 Å². The number of carbonyl (C=O) groups excluding carboxylic acids is 4. The zero-order chi connectivity index (χ0) is 18.4. The normalized spacial score (nSPS) is 16.4. The van der Waals surface area contributed by atoms with Crippen LogP contribution in [0.2, 0.25) is 0 Å². The molecule has 1 atom stereocenters. The van der Waals surface area contributed by atoms with Crippen LogP contribution in [0.5, 0.6) is 0 Å². The Hall–Kier alpha value is -2.90. The van der Waals surface area contributed by atoms with Crippen LogP contribution in [0.4, 0.5) is 5.69 Å². The van der Waals surface area contributed by atoms with Crippen molar-refractivity contribution < 1.29 is 19.2 Å². The fourth-order valence-corrected chi connectivity index (χ4v) is 2.83. The van der Waals surface area contributed by atoms with Crippen molar-refractivity contribution in [3.05, 3.63) is 29.8 Å². The molecule has 134 valence electrons. The first-order valence-corrected chi connectivity index (χ1v) is 8.13. The Bertz CT molecular complexity index is 689. The lowest BCUT2D eigenvalue weighted by Gasteiger charge is -2.22. The molecule has 1 fully saturated rings. The number of hydrogen-bond donors (Lipinski definition) is 3. The highest BCUT2D eigenvalue weighted by atomic mass is 16.2. The summed E-state index contributed by atoms with van der Waals surface area (Å²) in [6.45, 7) is 2.05. The van der Waals surface area contributed by atoms with Gasteiger partial charge in [0, 0.05) is 37.7 Å². The molecule has 1 unspecified atom stereocenters. The SMILES string of the molecule is CC(=O)Nc1cccc(C(=O)NCCC(=O)N2CCCC2C(N)=O)c1. The van der Waals surface area contributed by atoms with Gasteiger partial charge in [0.1, 0.15) is 6.04 Å². The standard InChI is InChI=1S/C17H22N4O4/c1-11(22)20-13-5-2-4-12(10-13)17(25)19-8-7-15(23)21-9-3-6-14(21)16(18)24/h2,4-5,10,14H,3,6-9H2,1H3,(H2,18,24)(H,19,25)(H,20,22). The van der Waals surface area contributed by atoms with Gasteiger partial charge in [0.2, 0.25) is 17.7 Å². The maximum atomic E-state index is 12.2. The van der Waals surface area contributed by atoms with E-state index in [-0.39, 0.29) is 30.7 Å². The quantitative estimate of drug-likeness (QED) is 0.683. The van der Waals surface area contributed by atoms with Crippen LogP contribution in [0.1, 0.15) is 36.5 Å². The number of amides is 4. The van der Waals surface area contributed by atoms with Gasteiger partial charge in [0.05, 0.1) is 0 Å². The molecule has 1 aliphatic rings. The molecular weight excluding hydrogens is 324 g/mol. The third-order valence-electron chi connectivity index (χ3n) is 3.97. The zero-order valence-electron chi connectivity index (χ0n) is 14.1. The third kappa shape index (κ3) is 5.03. The summed E-state index contributed by atoms with van der Waals surface area (Å²) < 4.78 is 0. The molecule has 1 aromatic rings. The van der Waals surface area contributed by atoms with Gasteiger partial charge in [0.25, 0.3) is 5.91 Å². The Kier molecular flexibility index (Phi) is 6.10. The number of nitrogens with one attached hydrogen (secondary N) is 2. The molecule has 0 saturated carbocycles. The second kappa shape index (κ2) is 8.27. The Balaban J connectivity index is 1.85. The van der Waals surface area contributed by atoms with Crippen molar-refractivity contribution in [3.63, 3.8) is 0 Å². The van der Waals surface area contributed by atoms with Gasteiger partial charge in [-0.05, 0) is 31.0 Å². The molecule has 2 rings (SSSR count). The largest absolute Gasteiger partial charge is 0.368 e. The number of hydrogen-bond acceptors (Lipinski definition) is 4. The van der Waals surface area contributed by atoms with Crippen molar-refractivity contribution in [1.82, 2.24) is 10.2 Å². The van der Waals surface area contributed by atoms with E-state index in [0.29, 0.717) is 24.2 Å². The van der Waals surface area contributed by atoms with Gasteiger partial charge < -0.3 is 21.3 Å². The van der Waals surface area contributed by atoms with Gasteiger partial charge in [-0.1, -0.05) is 6.07 Å². The van der Waals surface area contributed by atoms with Crippen molar-refractivity contribution in [2.45, 2.75) is 32.2 Å². The molecule has 4 N–H and O–H groups in total. The van der Waals surface area contributed by atoms with Gasteiger partial charge in [0.15, 0.2) is 0 Å². The molecule has 0 bridgehead atoms. The number of anilines is 1. The first-order valence-electron chi connectivity index (χ1n) is 8.13. The van der Waals surface area contributed by atoms with Crippen LogP contribution in [0.25, 0.3) is 0 Å². The number of likely N-dealkylation sites (tertiary alicyclic amines) is 1. The Morgan fingerprint density at radius 3 is 2.72 bits per heavy atom. The highest BCUT2D eigenvalue weighted by molar-refractivity contribution is 5.97. The van der Waals surface area contributed by atoms with E-state index in [1.165, 1.54) is 11.8 Å². The predicted octanol–water partition coefficient (Wildman–Crippen LogP) is 0.241. The van der Waals surface area contributed by atoms with Crippen molar-refractivity contribution in [2.75, 3.05) is 18.4 Å². The van der Waals surface area contributed by atoms with E-state index >= 15 is 0 Å². The van der Waals surface area contributed by atoms with Crippen LogP contribution in [-0.4, -0.2) is 47.7 Å². The first kappa shape index (κ1) is 18.4. The number of nitrogens with zero attached hydrogens (tertiary/aromatic N) is 1. The van der Waals surface area contributed by atoms with Crippen molar-refractivity contribution in [1.29, 1.82) is 0 Å². The molecular formula is C17H22N4O4. The van der Waals surface area contributed by atoms with E-state index in [1.807, 2.05) is 0 Å². The van der Waals surface area contributed by atoms with Crippen LogP contribution in [0.15, 0.2) is 24.3 Å². The van der Waals surface area contributed by atoms with Crippen molar-refractivity contribution in [2.24, 2.45) is 5.73 Å². The number of nitrogens with two attached hydrogens (primary N) is 1. The first-order chi connectivity index (χ1) is 11.9. The molecule has 0 aliphatic carbocycles. The van der Waals surface area contributed by atoms with E-state index in [1.54, 1.807) is 24.3 Å². The predicted molar refractivity (Wildman–Crippen MR) is 91.6 cm³/mol. The van der Waals surface area contributed by atoms with Gasteiger partial charge in [-0.15, -0.1) is 0 Å². The Labute approximate surface area is 145 Å². The maximum Gasteiger partial charge on any atom is 0.251 e. The Morgan fingerprint density at radius 2 is 2.04 bits per heavy atom. The fraction of sp³-hybridized carbons (Fsp3) is 0.412. The summed E-state index contributed by atoms with van der Waals surface area (Å²) in [6.07, 6.45) is 1.44. The topological polar surface area (TPSA) is 122 Å². The number of rotatable bonds is 6. The summed E-state index contributed by atoms with van der Waals surface area (Å²) in [5.41, 5.74) is 6.20. The molecule has 8 heteroatoms. The van der Waals surface area contributed by atoms with Crippen LogP contribution in [0, 0.1) is 0 Å². The lowest BCUT2D eigenvalue weighted by atomic mass is 10.2. The van der Waals surface area contributed by atoms with E-state index in [0.717, 1.165) is 6.42 Å². The molecule has 8 nitrogen and oxygen atoms in total. The van der Waals surface area contributed by atoms with Crippen LogP contribution >= 0.6 is 0 Å². The maximum absolute atomic E-state index is 12.2. The number of primary amides is 1. The molecule has 25 heavy (non-hydrogen) atoms. The van der Waals surface area contributed by atoms with Crippen molar-refractivity contribution >= 4 is 29.3 Å². The van der Waals surface area contributed by atoms with E-state index in [9.17, 15) is 19.2 Å². The average molecular weight is 346 g/mol. The van der Waals surface area contributed by atoms with E-state index < -0.39 is 11.9 Å². The van der Waals surface area contributed by atoms with Gasteiger partial charge in [-0.2, -0.15) is 0 Å². The summed E-state index contributed by atoms with van der Waals surface area (Å²) in [5.74, 6) is -1.26. The molecule has 1 heterocycles. The molecule has 0 spiro atoms. The van der Waals surface area contributed by atoms with Gasteiger partial charge in [-0.25, -0.2) is 0 Å². The summed E-state index contributed by atoms with van der Waals surface area (Å²) in [4.78, 5) is 48.2. The molecule has 0 aromatic heterocycles. The number of carbonyl (C=O) groups is 4. The van der Waals surface area contributed by atoms with Gasteiger partial charge >= 0.3 is 0 Å². The molecule has 1 aromatic carbocycles. The monoisotopic (exact) mass is 346 g/mol. The van der Waals surface area contributed by atoms with Gasteiger partial charge in [-0.3, -0.25) is 19.2 Å². The average Bonchev–Trinajstić information content (AvgIpc) is 3.04. The summed E-state index contributed by atoms with van der Waals surface area (Å²) in [7, 11) is 0. The fourth-order valence-electron chi connectivity index (χ4n) is 2.83. The minimum Gasteiger partial charge on any atom is -0.368 e. The molecule has 4 amide bonds. The van der Waals surface area contributed by atoms with Crippen LogP contribution < -0.4 is 16.4 Å². The third-order valence-corrected chi connectivity index (χ3v) is 3.97. The number of benzene rings is 1. The van der Waals surface area contributed by atoms with Crippen LogP contribution in [0.3, 0.4) is 0 Å². The summed E-state index contributed by atoms with van der Waals surface area (Å²) in [6, 6.07) is 5.97. The van der Waals surface area contributed by atoms with Crippen LogP contribution in [-0.2, 0) is 14.4 Å². The molecule has 1 aliphatic heterocycles. The zero-order valence-corrected chi connectivity index (χ0v) is 14.1. The minimum absolute atomic E-state index is 0.0981. The van der Waals surface area contributed by atoms with E-state index in [4.69, 9.17) is 5.73 Å². The molecule has 1 saturated heterocycles. The second-order valence-corrected chi connectivity index (χ2v) is 5.92.